The lowest BCUT2D eigenvalue weighted by atomic mass is 10.1. The summed E-state index contributed by atoms with van der Waals surface area (Å²) in [7, 11) is 1.63. The zero-order valence-corrected chi connectivity index (χ0v) is 15.1. The lowest BCUT2D eigenvalue weighted by Crippen LogP contribution is -2.26. The van der Waals surface area contributed by atoms with E-state index in [1.54, 1.807) is 7.11 Å². The largest absolute Gasteiger partial charge is 0.497 e. The number of hydrogen-bond acceptors (Lipinski definition) is 5. The van der Waals surface area contributed by atoms with Crippen molar-refractivity contribution in [3.05, 3.63) is 64.4 Å². The van der Waals surface area contributed by atoms with Gasteiger partial charge in [-0.15, -0.1) is 15.0 Å². The van der Waals surface area contributed by atoms with E-state index < -0.39 is 0 Å². The molecule has 1 N–H and O–H groups in total. The smallest absolute Gasteiger partial charge is 0.292 e. The highest BCUT2D eigenvalue weighted by Crippen LogP contribution is 2.13. The average Bonchev–Trinajstić information content (AvgIpc) is 3.13. The van der Waals surface area contributed by atoms with Gasteiger partial charge in [0, 0.05) is 11.0 Å². The zero-order valence-electron chi connectivity index (χ0n) is 13.5. The Morgan fingerprint density at radius 1 is 1.16 bits per heavy atom. The van der Waals surface area contributed by atoms with Gasteiger partial charge in [-0.05, 0) is 53.6 Å². The van der Waals surface area contributed by atoms with Crippen molar-refractivity contribution in [1.29, 1.82) is 0 Å². The van der Waals surface area contributed by atoms with Crippen LogP contribution in [0.1, 0.15) is 16.2 Å². The van der Waals surface area contributed by atoms with Crippen LogP contribution in [0.5, 0.6) is 5.75 Å². The van der Waals surface area contributed by atoms with Crippen LogP contribution in [0.3, 0.4) is 0 Å². The van der Waals surface area contributed by atoms with E-state index in [0.717, 1.165) is 21.5 Å². The summed E-state index contributed by atoms with van der Waals surface area (Å²) in [4.78, 5) is 13.4. The Kier molecular flexibility index (Phi) is 5.39. The molecule has 0 aliphatic heterocycles. The van der Waals surface area contributed by atoms with Gasteiger partial charge in [0.25, 0.3) is 11.7 Å². The quantitative estimate of drug-likeness (QED) is 0.685. The van der Waals surface area contributed by atoms with Gasteiger partial charge < -0.3 is 10.1 Å². The lowest BCUT2D eigenvalue weighted by molar-refractivity contribution is 0.0943. The summed E-state index contributed by atoms with van der Waals surface area (Å²) < 4.78 is 6.07. The number of carbonyl (C=O) groups excluding carboxylic acids is 1. The average molecular weight is 402 g/mol. The van der Waals surface area contributed by atoms with Gasteiger partial charge in [-0.25, -0.2) is 0 Å². The van der Waals surface area contributed by atoms with Crippen LogP contribution in [0.4, 0.5) is 0 Å². The van der Waals surface area contributed by atoms with E-state index in [1.807, 2.05) is 48.5 Å². The molecule has 0 fully saturated rings. The minimum absolute atomic E-state index is 0.0395. The van der Waals surface area contributed by atoms with Crippen LogP contribution in [0.15, 0.2) is 53.0 Å². The molecule has 1 aromatic heterocycles. The molecule has 25 heavy (non-hydrogen) atoms. The maximum Gasteiger partial charge on any atom is 0.292 e. The fraction of sp³-hybridized carbons (Fsp3) is 0.176. The molecule has 0 aliphatic carbocycles. The minimum atomic E-state index is -0.350. The molecule has 0 saturated carbocycles. The predicted molar refractivity (Wildman–Crippen MR) is 95.9 cm³/mol. The normalized spacial score (nSPS) is 10.5. The second-order valence-corrected chi connectivity index (χ2v) is 6.15. The maximum absolute atomic E-state index is 12.1. The number of halogens is 1. The van der Waals surface area contributed by atoms with Crippen LogP contribution in [-0.2, 0) is 6.42 Å². The van der Waals surface area contributed by atoms with Crippen molar-refractivity contribution in [3.8, 4) is 11.4 Å². The summed E-state index contributed by atoms with van der Waals surface area (Å²) in [5, 5.41) is 14.6. The fourth-order valence-corrected chi connectivity index (χ4v) is 2.45. The molecule has 7 nitrogen and oxygen atoms in total. The van der Waals surface area contributed by atoms with Crippen LogP contribution in [0.25, 0.3) is 5.69 Å². The number of tetrazole rings is 1. The van der Waals surface area contributed by atoms with Crippen molar-refractivity contribution in [3.63, 3.8) is 0 Å². The van der Waals surface area contributed by atoms with Crippen molar-refractivity contribution in [1.82, 2.24) is 25.5 Å². The first-order valence-electron chi connectivity index (χ1n) is 7.63. The summed E-state index contributed by atoms with van der Waals surface area (Å²) in [6.45, 7) is 0.484. The number of carbonyl (C=O) groups is 1. The van der Waals surface area contributed by atoms with Gasteiger partial charge >= 0.3 is 0 Å². The third-order valence-corrected chi connectivity index (χ3v) is 4.06. The monoisotopic (exact) mass is 401 g/mol. The molecule has 0 bridgehead atoms. The van der Waals surface area contributed by atoms with Crippen molar-refractivity contribution in [2.75, 3.05) is 13.7 Å². The van der Waals surface area contributed by atoms with E-state index in [0.29, 0.717) is 13.0 Å². The zero-order chi connectivity index (χ0) is 17.6. The highest BCUT2D eigenvalue weighted by atomic mass is 79.9. The van der Waals surface area contributed by atoms with Gasteiger partial charge in [0.2, 0.25) is 0 Å². The van der Waals surface area contributed by atoms with Crippen molar-refractivity contribution < 1.29 is 9.53 Å². The molecule has 1 amide bonds. The van der Waals surface area contributed by atoms with Crippen LogP contribution >= 0.6 is 15.9 Å². The number of aromatic nitrogens is 4. The van der Waals surface area contributed by atoms with E-state index in [1.165, 1.54) is 4.80 Å². The molecule has 1 heterocycles. The van der Waals surface area contributed by atoms with E-state index in [9.17, 15) is 4.79 Å². The van der Waals surface area contributed by atoms with E-state index >= 15 is 0 Å². The molecule has 0 saturated heterocycles. The van der Waals surface area contributed by atoms with E-state index in [2.05, 4.69) is 36.7 Å². The Balaban J connectivity index is 1.55. The predicted octanol–water partition coefficient (Wildman–Crippen LogP) is 2.41. The van der Waals surface area contributed by atoms with Gasteiger partial charge in [0.15, 0.2) is 0 Å². The van der Waals surface area contributed by atoms with Gasteiger partial charge in [-0.1, -0.05) is 28.1 Å². The number of nitrogens with one attached hydrogen (secondary N) is 1. The van der Waals surface area contributed by atoms with Gasteiger partial charge in [-0.3, -0.25) is 4.79 Å². The third-order valence-electron chi connectivity index (χ3n) is 3.53. The molecule has 3 rings (SSSR count). The standard InChI is InChI=1S/C17H16BrN5O2/c1-25-15-8-2-12(3-9-15)10-11-19-17(24)16-20-22-23(21-16)14-6-4-13(18)5-7-14/h2-9H,10-11H2,1H3,(H,19,24). The molecule has 0 radical (unpaired) electrons. The van der Waals surface area contributed by atoms with Gasteiger partial charge in [0.05, 0.1) is 12.8 Å². The van der Waals surface area contributed by atoms with Crippen LogP contribution < -0.4 is 10.1 Å². The second kappa shape index (κ2) is 7.89. The summed E-state index contributed by atoms with van der Waals surface area (Å²) in [5.74, 6) is 0.496. The van der Waals surface area contributed by atoms with Crippen molar-refractivity contribution in [2.24, 2.45) is 0 Å². The number of amides is 1. The van der Waals surface area contributed by atoms with Gasteiger partial charge in [0.1, 0.15) is 5.75 Å². The first-order valence-corrected chi connectivity index (χ1v) is 8.42. The Morgan fingerprint density at radius 2 is 1.88 bits per heavy atom. The lowest BCUT2D eigenvalue weighted by Gasteiger charge is -2.04. The summed E-state index contributed by atoms with van der Waals surface area (Å²) >= 11 is 3.37. The molecule has 3 aromatic rings. The number of nitrogens with zero attached hydrogens (tertiary/aromatic N) is 4. The molecule has 128 valence electrons. The third kappa shape index (κ3) is 4.42. The van der Waals surface area contributed by atoms with Crippen LogP contribution in [-0.4, -0.2) is 39.8 Å². The van der Waals surface area contributed by atoms with Crippen molar-refractivity contribution in [2.45, 2.75) is 6.42 Å². The topological polar surface area (TPSA) is 81.9 Å². The number of benzene rings is 2. The number of hydrogen-bond donors (Lipinski definition) is 1. The van der Waals surface area contributed by atoms with Gasteiger partial charge in [-0.2, -0.15) is 0 Å². The first kappa shape index (κ1) is 17.1. The molecule has 0 unspecified atom stereocenters. The summed E-state index contributed by atoms with van der Waals surface area (Å²) in [6.07, 6.45) is 0.705. The fourth-order valence-electron chi connectivity index (χ4n) is 2.18. The molecular formula is C17H16BrN5O2. The molecule has 2 aromatic carbocycles. The number of ether oxygens (including phenoxy) is 1. The number of methoxy groups -OCH3 is 1. The first-order chi connectivity index (χ1) is 12.2. The number of rotatable bonds is 6. The SMILES string of the molecule is COc1ccc(CCNC(=O)c2nnn(-c3ccc(Br)cc3)n2)cc1. The van der Waals surface area contributed by atoms with Crippen LogP contribution in [0.2, 0.25) is 0 Å². The van der Waals surface area contributed by atoms with E-state index in [4.69, 9.17) is 4.74 Å². The molecule has 0 spiro atoms. The molecule has 0 atom stereocenters. The molecular weight excluding hydrogens is 386 g/mol. The minimum Gasteiger partial charge on any atom is -0.497 e. The highest BCUT2D eigenvalue weighted by Gasteiger charge is 2.13. The maximum atomic E-state index is 12.1. The Labute approximate surface area is 153 Å². The highest BCUT2D eigenvalue weighted by molar-refractivity contribution is 9.10. The second-order valence-electron chi connectivity index (χ2n) is 5.23. The van der Waals surface area contributed by atoms with E-state index in [-0.39, 0.29) is 11.7 Å². The summed E-state index contributed by atoms with van der Waals surface area (Å²) in [5.41, 5.74) is 1.83. The molecule has 0 aliphatic rings. The Bertz CT molecular complexity index is 846. The van der Waals surface area contributed by atoms with Crippen LogP contribution in [0, 0.1) is 0 Å². The summed E-state index contributed by atoms with van der Waals surface area (Å²) in [6, 6.07) is 15.1. The Morgan fingerprint density at radius 3 is 2.56 bits per heavy atom. The molecule has 8 heteroatoms. The Hall–Kier alpha value is -2.74. The van der Waals surface area contributed by atoms with Crippen molar-refractivity contribution >= 4 is 21.8 Å².